The number of para-hydroxylation sites is 2. The van der Waals surface area contributed by atoms with E-state index in [0.29, 0.717) is 5.69 Å². The summed E-state index contributed by atoms with van der Waals surface area (Å²) in [5.41, 5.74) is 19.6. The maximum absolute atomic E-state index is 5.67. The molecule has 20 heavy (non-hydrogen) atoms. The van der Waals surface area contributed by atoms with E-state index < -0.39 is 0 Å². The van der Waals surface area contributed by atoms with Crippen LogP contribution in [-0.4, -0.2) is 21.7 Å². The Hall–Kier alpha value is -2.83. The Morgan fingerprint density at radius 2 is 1.85 bits per heavy atom. The van der Waals surface area contributed by atoms with Gasteiger partial charge < -0.3 is 17.2 Å². The highest BCUT2D eigenvalue weighted by molar-refractivity contribution is 5.94. The summed E-state index contributed by atoms with van der Waals surface area (Å²) >= 11 is 0. The van der Waals surface area contributed by atoms with Crippen LogP contribution in [0.3, 0.4) is 0 Å². The molecule has 0 atom stereocenters. The summed E-state index contributed by atoms with van der Waals surface area (Å²) in [5.74, 6) is -0.131. The van der Waals surface area contributed by atoms with Crippen LogP contribution in [0.1, 0.15) is 11.4 Å². The lowest BCUT2D eigenvalue weighted by Gasteiger charge is -2.07. The molecular formula is C13H17N7. The number of rotatable bonds is 2. The average Bonchev–Trinajstić information content (AvgIpc) is 2.68. The number of aryl methyl sites for hydroxylation is 2. The van der Waals surface area contributed by atoms with E-state index in [-0.39, 0.29) is 11.9 Å². The van der Waals surface area contributed by atoms with E-state index in [9.17, 15) is 0 Å². The lowest BCUT2D eigenvalue weighted by Crippen LogP contribution is -2.26. The first kappa shape index (κ1) is 13.6. The van der Waals surface area contributed by atoms with E-state index in [1.807, 2.05) is 44.2 Å². The molecule has 2 aromatic rings. The van der Waals surface area contributed by atoms with Crippen LogP contribution < -0.4 is 17.2 Å². The molecule has 0 aliphatic carbocycles. The first-order chi connectivity index (χ1) is 9.47. The van der Waals surface area contributed by atoms with Crippen molar-refractivity contribution >= 4 is 17.6 Å². The minimum Gasteiger partial charge on any atom is -0.370 e. The average molecular weight is 271 g/mol. The molecular weight excluding hydrogens is 254 g/mol. The first-order valence-corrected chi connectivity index (χ1v) is 6.04. The first-order valence-electron chi connectivity index (χ1n) is 6.04. The lowest BCUT2D eigenvalue weighted by atomic mass is 10.2. The molecule has 2 rings (SSSR count). The fourth-order valence-corrected chi connectivity index (χ4v) is 1.89. The molecule has 0 spiro atoms. The number of nitrogens with two attached hydrogens (primary N) is 3. The molecule has 1 aromatic carbocycles. The van der Waals surface area contributed by atoms with Crippen LogP contribution in [0.5, 0.6) is 0 Å². The lowest BCUT2D eigenvalue weighted by molar-refractivity contribution is 0.834. The molecule has 104 valence electrons. The number of nitrogens with zero attached hydrogens (tertiary/aromatic N) is 4. The van der Waals surface area contributed by atoms with Gasteiger partial charge in [-0.15, -0.1) is 0 Å². The number of aromatic nitrogens is 2. The van der Waals surface area contributed by atoms with Crippen LogP contribution in [-0.2, 0) is 0 Å². The molecule has 0 radical (unpaired) electrons. The number of hydrogen-bond donors (Lipinski definition) is 3. The minimum atomic E-state index is -0.130. The van der Waals surface area contributed by atoms with E-state index in [1.165, 1.54) is 0 Å². The predicted molar refractivity (Wildman–Crippen MR) is 80.1 cm³/mol. The third-order valence-electron chi connectivity index (χ3n) is 2.60. The van der Waals surface area contributed by atoms with Crippen molar-refractivity contribution in [3.63, 3.8) is 0 Å². The standard InChI is InChI=1S/C13H17N7/c1-8-7-9(2)20(19-8)11-6-4-3-5-10(11)17-13(16)18-12(14)15/h3-7H,1-2H3,(H6,14,15,16,17,18). The maximum atomic E-state index is 5.67. The summed E-state index contributed by atoms with van der Waals surface area (Å²) in [4.78, 5) is 7.92. The molecule has 0 fully saturated rings. The molecule has 6 N–H and O–H groups in total. The molecule has 1 heterocycles. The summed E-state index contributed by atoms with van der Waals surface area (Å²) in [6, 6.07) is 9.47. The number of benzene rings is 1. The van der Waals surface area contributed by atoms with Crippen LogP contribution in [0.2, 0.25) is 0 Å². The molecule has 0 saturated heterocycles. The van der Waals surface area contributed by atoms with Crippen molar-refractivity contribution in [1.29, 1.82) is 0 Å². The second kappa shape index (κ2) is 5.43. The zero-order chi connectivity index (χ0) is 14.7. The van der Waals surface area contributed by atoms with Crippen molar-refractivity contribution in [1.82, 2.24) is 9.78 Å². The van der Waals surface area contributed by atoms with E-state index in [2.05, 4.69) is 15.1 Å². The second-order valence-electron chi connectivity index (χ2n) is 4.33. The predicted octanol–water partition coefficient (Wildman–Crippen LogP) is 0.709. The van der Waals surface area contributed by atoms with Crippen molar-refractivity contribution in [3.05, 3.63) is 41.7 Å². The number of aliphatic imine (C=N–C) groups is 2. The van der Waals surface area contributed by atoms with Gasteiger partial charge in [0.05, 0.1) is 17.1 Å². The molecule has 0 aliphatic heterocycles. The zero-order valence-corrected chi connectivity index (χ0v) is 11.4. The third-order valence-corrected chi connectivity index (χ3v) is 2.60. The van der Waals surface area contributed by atoms with Crippen LogP contribution >= 0.6 is 0 Å². The van der Waals surface area contributed by atoms with Gasteiger partial charge in [-0.05, 0) is 32.0 Å². The van der Waals surface area contributed by atoms with Crippen molar-refractivity contribution in [3.8, 4) is 5.69 Å². The van der Waals surface area contributed by atoms with Crippen LogP contribution in [0.4, 0.5) is 5.69 Å². The normalized spacial score (nSPS) is 11.4. The third kappa shape index (κ3) is 2.94. The van der Waals surface area contributed by atoms with Crippen LogP contribution in [0.25, 0.3) is 5.69 Å². The minimum absolute atomic E-state index is 0.000943. The van der Waals surface area contributed by atoms with Gasteiger partial charge in [0.15, 0.2) is 5.96 Å². The number of hydrogen-bond acceptors (Lipinski definition) is 2. The van der Waals surface area contributed by atoms with E-state index in [1.54, 1.807) is 4.68 Å². The van der Waals surface area contributed by atoms with Gasteiger partial charge >= 0.3 is 0 Å². The van der Waals surface area contributed by atoms with Gasteiger partial charge in [-0.2, -0.15) is 10.1 Å². The molecule has 0 bridgehead atoms. The summed E-state index contributed by atoms with van der Waals surface area (Å²) in [7, 11) is 0. The SMILES string of the molecule is Cc1cc(C)n(-c2ccccc2N=C(N)N=C(N)N)n1. The largest absolute Gasteiger partial charge is 0.370 e. The zero-order valence-electron chi connectivity index (χ0n) is 11.4. The van der Waals surface area contributed by atoms with Crippen LogP contribution in [0.15, 0.2) is 40.3 Å². The smallest absolute Gasteiger partial charge is 0.223 e. The fourth-order valence-electron chi connectivity index (χ4n) is 1.89. The van der Waals surface area contributed by atoms with E-state index in [4.69, 9.17) is 17.2 Å². The summed E-state index contributed by atoms with van der Waals surface area (Å²) in [6.07, 6.45) is 0. The molecule has 0 saturated carbocycles. The Morgan fingerprint density at radius 3 is 2.45 bits per heavy atom. The monoisotopic (exact) mass is 271 g/mol. The van der Waals surface area contributed by atoms with Gasteiger partial charge in [0.2, 0.25) is 5.96 Å². The van der Waals surface area contributed by atoms with Gasteiger partial charge in [-0.3, -0.25) is 0 Å². The van der Waals surface area contributed by atoms with E-state index >= 15 is 0 Å². The summed E-state index contributed by atoms with van der Waals surface area (Å²) < 4.78 is 1.80. The second-order valence-corrected chi connectivity index (χ2v) is 4.33. The Balaban J connectivity index is 2.52. The molecule has 0 aliphatic rings. The van der Waals surface area contributed by atoms with E-state index in [0.717, 1.165) is 17.1 Å². The van der Waals surface area contributed by atoms with Crippen LogP contribution in [0, 0.1) is 13.8 Å². The van der Waals surface area contributed by atoms with Gasteiger partial charge in [0, 0.05) is 5.69 Å². The quantitative estimate of drug-likeness (QED) is 0.550. The molecule has 1 aromatic heterocycles. The van der Waals surface area contributed by atoms with Crippen molar-refractivity contribution in [2.45, 2.75) is 13.8 Å². The van der Waals surface area contributed by atoms with Crippen molar-refractivity contribution in [2.75, 3.05) is 0 Å². The Labute approximate surface area is 116 Å². The Kier molecular flexibility index (Phi) is 3.69. The fraction of sp³-hybridized carbons (Fsp3) is 0.154. The summed E-state index contributed by atoms with van der Waals surface area (Å²) in [6.45, 7) is 3.91. The maximum Gasteiger partial charge on any atom is 0.223 e. The highest BCUT2D eigenvalue weighted by atomic mass is 15.3. The Bertz CT molecular complexity index is 678. The van der Waals surface area contributed by atoms with Gasteiger partial charge in [0.25, 0.3) is 0 Å². The Morgan fingerprint density at radius 1 is 1.15 bits per heavy atom. The molecule has 7 nitrogen and oxygen atoms in total. The summed E-state index contributed by atoms with van der Waals surface area (Å²) in [5, 5.41) is 4.43. The van der Waals surface area contributed by atoms with Gasteiger partial charge in [-0.1, -0.05) is 12.1 Å². The molecule has 7 heteroatoms. The highest BCUT2D eigenvalue weighted by Gasteiger charge is 2.08. The molecule has 0 amide bonds. The highest BCUT2D eigenvalue weighted by Crippen LogP contribution is 2.24. The number of guanidine groups is 2. The van der Waals surface area contributed by atoms with Gasteiger partial charge in [-0.25, -0.2) is 9.67 Å². The van der Waals surface area contributed by atoms with Gasteiger partial charge in [0.1, 0.15) is 0 Å². The van der Waals surface area contributed by atoms with Crippen molar-refractivity contribution < 1.29 is 0 Å². The topological polar surface area (TPSA) is 121 Å². The molecule has 0 unspecified atom stereocenters. The van der Waals surface area contributed by atoms with Crippen molar-refractivity contribution in [2.24, 2.45) is 27.2 Å².